The molecule has 182 valence electrons. The van der Waals surface area contributed by atoms with Gasteiger partial charge in [-0.05, 0) is 54.8 Å². The van der Waals surface area contributed by atoms with Crippen molar-refractivity contribution in [3.63, 3.8) is 0 Å². The quantitative estimate of drug-likeness (QED) is 0.394. The Morgan fingerprint density at radius 1 is 1.00 bits per heavy atom. The van der Waals surface area contributed by atoms with E-state index in [9.17, 15) is 14.0 Å². The lowest BCUT2D eigenvalue weighted by atomic mass is 10.1. The highest BCUT2D eigenvalue weighted by molar-refractivity contribution is 5.95. The van der Waals surface area contributed by atoms with E-state index >= 15 is 0 Å². The van der Waals surface area contributed by atoms with Crippen LogP contribution in [-0.2, 0) is 11.3 Å². The average molecular weight is 486 g/mol. The maximum Gasteiger partial charge on any atom is 0.410 e. The normalized spacial score (nSPS) is 16.4. The van der Waals surface area contributed by atoms with Gasteiger partial charge in [0, 0.05) is 36.8 Å². The number of aromatic nitrogens is 1. The molecule has 2 amide bonds. The number of hydrogen-bond acceptors (Lipinski definition) is 5. The van der Waals surface area contributed by atoms with Crippen molar-refractivity contribution in [3.8, 4) is 11.5 Å². The van der Waals surface area contributed by atoms with Crippen molar-refractivity contribution in [1.29, 1.82) is 0 Å². The number of halogens is 1. The summed E-state index contributed by atoms with van der Waals surface area (Å²) in [7, 11) is 0. The average Bonchev–Trinajstić information content (AvgIpc) is 3.53. The van der Waals surface area contributed by atoms with Crippen LogP contribution in [0.15, 0.2) is 77.2 Å². The van der Waals surface area contributed by atoms with Crippen molar-refractivity contribution in [1.82, 2.24) is 14.8 Å². The highest BCUT2D eigenvalue weighted by atomic mass is 19.1. The molecule has 7 nitrogen and oxygen atoms in total. The van der Waals surface area contributed by atoms with Crippen LogP contribution in [0.2, 0.25) is 0 Å². The van der Waals surface area contributed by atoms with Gasteiger partial charge in [-0.15, -0.1) is 0 Å². The van der Waals surface area contributed by atoms with Crippen LogP contribution in [0.1, 0.15) is 28.8 Å². The van der Waals surface area contributed by atoms with Crippen molar-refractivity contribution in [3.05, 3.63) is 89.7 Å². The van der Waals surface area contributed by atoms with Gasteiger partial charge in [-0.1, -0.05) is 30.3 Å². The predicted molar refractivity (Wildman–Crippen MR) is 131 cm³/mol. The minimum absolute atomic E-state index is 0.0593. The molecule has 1 aliphatic carbocycles. The lowest BCUT2D eigenvalue weighted by molar-refractivity contribution is 0.0303. The van der Waals surface area contributed by atoms with Crippen LogP contribution in [0.3, 0.4) is 0 Å². The number of carbonyl (C=O) groups is 2. The third-order valence-electron chi connectivity index (χ3n) is 6.92. The number of hydrogen-bond donors (Lipinski definition) is 0. The number of amides is 2. The first kappa shape index (κ1) is 22.3. The van der Waals surface area contributed by atoms with E-state index in [1.807, 2.05) is 35.2 Å². The summed E-state index contributed by atoms with van der Waals surface area (Å²) >= 11 is 0. The van der Waals surface area contributed by atoms with Crippen molar-refractivity contribution in [2.45, 2.75) is 25.0 Å². The van der Waals surface area contributed by atoms with Gasteiger partial charge in [-0.2, -0.15) is 0 Å². The minimum Gasteiger partial charge on any atom is -0.445 e. The number of oxazole rings is 1. The van der Waals surface area contributed by atoms with Gasteiger partial charge in [0.1, 0.15) is 17.9 Å². The van der Waals surface area contributed by atoms with Gasteiger partial charge >= 0.3 is 6.09 Å². The molecule has 0 bridgehead atoms. The Hall–Kier alpha value is -4.20. The Bertz CT molecular complexity index is 1430. The van der Waals surface area contributed by atoms with E-state index in [1.54, 1.807) is 35.2 Å². The summed E-state index contributed by atoms with van der Waals surface area (Å²) in [6.07, 6.45) is 1.37. The second-order valence-electron chi connectivity index (χ2n) is 9.35. The molecule has 1 aliphatic heterocycles. The lowest BCUT2D eigenvalue weighted by Gasteiger charge is -2.41. The van der Waals surface area contributed by atoms with Crippen LogP contribution in [0, 0.1) is 5.82 Å². The molecule has 1 saturated heterocycles. The number of nitrogens with zero attached hydrogens (tertiary/aromatic N) is 3. The molecule has 0 unspecified atom stereocenters. The molecule has 3 aromatic carbocycles. The van der Waals surface area contributed by atoms with Crippen molar-refractivity contribution >= 4 is 23.1 Å². The van der Waals surface area contributed by atoms with Gasteiger partial charge in [-0.3, -0.25) is 4.79 Å². The minimum atomic E-state index is -0.385. The molecule has 2 heterocycles. The zero-order valence-corrected chi connectivity index (χ0v) is 19.5. The molecule has 2 fully saturated rings. The van der Waals surface area contributed by atoms with Crippen LogP contribution in [0.5, 0.6) is 0 Å². The van der Waals surface area contributed by atoms with Gasteiger partial charge in [0.05, 0.1) is 5.54 Å². The molecule has 1 saturated carbocycles. The highest BCUT2D eigenvalue weighted by Crippen LogP contribution is 2.45. The lowest BCUT2D eigenvalue weighted by Crippen LogP contribution is -2.58. The Balaban J connectivity index is 1.12. The van der Waals surface area contributed by atoms with E-state index in [-0.39, 0.29) is 30.0 Å². The molecular formula is C28H24FN3O4. The van der Waals surface area contributed by atoms with Gasteiger partial charge in [0.2, 0.25) is 5.89 Å². The largest absolute Gasteiger partial charge is 0.445 e. The molecule has 1 aromatic heterocycles. The molecule has 0 radical (unpaired) electrons. The molecule has 1 spiro atoms. The number of piperazine rings is 1. The zero-order chi connectivity index (χ0) is 24.7. The Kier molecular flexibility index (Phi) is 5.44. The van der Waals surface area contributed by atoms with Crippen LogP contribution in [-0.4, -0.2) is 52.0 Å². The van der Waals surface area contributed by atoms with Crippen LogP contribution in [0.4, 0.5) is 9.18 Å². The number of carbonyl (C=O) groups excluding carboxylic acids is 2. The molecule has 0 N–H and O–H groups in total. The van der Waals surface area contributed by atoms with Gasteiger partial charge in [0.15, 0.2) is 5.58 Å². The third kappa shape index (κ3) is 4.19. The van der Waals surface area contributed by atoms with E-state index in [4.69, 9.17) is 9.15 Å². The fourth-order valence-corrected chi connectivity index (χ4v) is 4.77. The summed E-state index contributed by atoms with van der Waals surface area (Å²) in [6.45, 7) is 1.59. The SMILES string of the molecule is O=C(OCc1ccccc1)N1CCN(C(=O)c2ccc(-c3nc4ccc(F)cc4o3)cc2)C2(CC2)C1. The van der Waals surface area contributed by atoms with E-state index in [0.717, 1.165) is 18.4 Å². The Labute approximate surface area is 207 Å². The fraction of sp³-hybridized carbons (Fsp3) is 0.250. The van der Waals surface area contributed by atoms with Gasteiger partial charge < -0.3 is 19.0 Å². The van der Waals surface area contributed by atoms with Crippen molar-refractivity contribution in [2.75, 3.05) is 19.6 Å². The maximum absolute atomic E-state index is 13.5. The Morgan fingerprint density at radius 2 is 1.78 bits per heavy atom. The van der Waals surface area contributed by atoms with Crippen LogP contribution < -0.4 is 0 Å². The third-order valence-corrected chi connectivity index (χ3v) is 6.92. The van der Waals surface area contributed by atoms with E-state index in [2.05, 4.69) is 4.98 Å². The molecule has 0 atom stereocenters. The van der Waals surface area contributed by atoms with E-state index in [1.165, 1.54) is 12.1 Å². The van der Waals surface area contributed by atoms with E-state index < -0.39 is 0 Å². The summed E-state index contributed by atoms with van der Waals surface area (Å²) < 4.78 is 24.6. The number of rotatable bonds is 4. The van der Waals surface area contributed by atoms with Crippen molar-refractivity contribution < 1.29 is 23.1 Å². The first-order valence-corrected chi connectivity index (χ1v) is 11.9. The van der Waals surface area contributed by atoms with E-state index in [0.29, 0.717) is 47.8 Å². The smallest absolute Gasteiger partial charge is 0.410 e. The van der Waals surface area contributed by atoms with Crippen molar-refractivity contribution in [2.24, 2.45) is 0 Å². The molecule has 6 rings (SSSR count). The second-order valence-corrected chi connectivity index (χ2v) is 9.35. The Morgan fingerprint density at radius 3 is 2.53 bits per heavy atom. The number of fused-ring (bicyclic) bond motifs is 1. The van der Waals surface area contributed by atoms with Gasteiger partial charge in [-0.25, -0.2) is 14.2 Å². The summed E-state index contributed by atoms with van der Waals surface area (Å²) in [5.74, 6) is -0.0726. The topological polar surface area (TPSA) is 75.9 Å². The van der Waals surface area contributed by atoms with Crippen LogP contribution >= 0.6 is 0 Å². The summed E-state index contributed by atoms with van der Waals surface area (Å²) in [5.41, 5.74) is 2.82. The highest BCUT2D eigenvalue weighted by Gasteiger charge is 2.54. The predicted octanol–water partition coefficient (Wildman–Crippen LogP) is 5.26. The van der Waals surface area contributed by atoms with Crippen LogP contribution in [0.25, 0.3) is 22.6 Å². The molecule has 36 heavy (non-hydrogen) atoms. The molecule has 8 heteroatoms. The standard InChI is InChI=1S/C28H24FN3O4/c29-22-10-11-23-24(16-22)36-25(30-23)20-6-8-21(9-7-20)26(33)32-15-14-31(18-28(32)12-13-28)27(34)35-17-19-4-2-1-3-5-19/h1-11,16H,12-15,17-18H2. The fourth-order valence-electron chi connectivity index (χ4n) is 4.77. The molecular weight excluding hydrogens is 461 g/mol. The monoisotopic (exact) mass is 485 g/mol. The first-order chi connectivity index (χ1) is 17.5. The second kappa shape index (κ2) is 8.78. The summed E-state index contributed by atoms with van der Waals surface area (Å²) in [5, 5.41) is 0. The first-order valence-electron chi connectivity index (χ1n) is 11.9. The molecule has 2 aliphatic rings. The number of ether oxygens (including phenoxy) is 1. The zero-order valence-electron chi connectivity index (χ0n) is 19.5. The summed E-state index contributed by atoms with van der Waals surface area (Å²) in [4.78, 5) is 34.0. The number of benzene rings is 3. The maximum atomic E-state index is 13.5. The summed E-state index contributed by atoms with van der Waals surface area (Å²) in [6, 6.07) is 20.9. The van der Waals surface area contributed by atoms with Gasteiger partial charge in [0.25, 0.3) is 5.91 Å². The molecule has 4 aromatic rings.